The molecule has 28 heavy (non-hydrogen) atoms. The zero-order valence-corrected chi connectivity index (χ0v) is 16.9. The van der Waals surface area contributed by atoms with Crippen LogP contribution < -0.4 is 4.72 Å². The predicted molar refractivity (Wildman–Crippen MR) is 105 cm³/mol. The molecule has 0 radical (unpaired) electrons. The fraction of sp³-hybridized carbons (Fsp3) is 0.176. The number of aromatic nitrogens is 3. The van der Waals surface area contributed by atoms with Gasteiger partial charge in [-0.05, 0) is 48.9 Å². The largest absolute Gasteiger partial charge is 0.311 e. The minimum absolute atomic E-state index is 0.127. The van der Waals surface area contributed by atoms with Gasteiger partial charge in [0.2, 0.25) is 0 Å². The number of nitro groups is 1. The Kier molecular flexibility index (Phi) is 5.38. The molecule has 0 amide bonds. The highest BCUT2D eigenvalue weighted by Crippen LogP contribution is 2.34. The van der Waals surface area contributed by atoms with Crippen LogP contribution in [0.1, 0.15) is 11.1 Å². The number of nitrogens with one attached hydrogen (secondary N) is 1. The lowest BCUT2D eigenvalue weighted by atomic mass is 10.1. The summed E-state index contributed by atoms with van der Waals surface area (Å²) in [6, 6.07) is 9.28. The Balaban J connectivity index is 2.00. The molecule has 0 bridgehead atoms. The van der Waals surface area contributed by atoms with E-state index in [2.05, 4.69) is 14.9 Å². The van der Waals surface area contributed by atoms with Crippen molar-refractivity contribution in [3.05, 3.63) is 64.0 Å². The number of nitro benzene ring substituents is 1. The Morgan fingerprint density at radius 3 is 2.57 bits per heavy atom. The Bertz CT molecular complexity index is 1160. The normalized spacial score (nSPS) is 11.4. The molecule has 1 N–H and O–H groups in total. The van der Waals surface area contributed by atoms with Gasteiger partial charge in [0.1, 0.15) is 6.33 Å². The first-order valence-corrected chi connectivity index (χ1v) is 10.4. The van der Waals surface area contributed by atoms with Crippen molar-refractivity contribution in [1.82, 2.24) is 14.8 Å². The topological polar surface area (TPSA) is 120 Å². The summed E-state index contributed by atoms with van der Waals surface area (Å²) in [5.41, 5.74) is 1.05. The summed E-state index contributed by atoms with van der Waals surface area (Å²) < 4.78 is 30.2. The molecule has 0 spiro atoms. The lowest BCUT2D eigenvalue weighted by Gasteiger charge is -2.14. The molecule has 11 heteroatoms. The molecule has 9 nitrogen and oxygen atoms in total. The maximum Gasteiger partial charge on any atom is 0.271 e. The van der Waals surface area contributed by atoms with Gasteiger partial charge in [-0.2, -0.15) is 0 Å². The van der Waals surface area contributed by atoms with Crippen molar-refractivity contribution in [1.29, 1.82) is 0 Å². The van der Waals surface area contributed by atoms with Crippen LogP contribution in [0.25, 0.3) is 0 Å². The fourth-order valence-corrected chi connectivity index (χ4v) is 4.83. The van der Waals surface area contributed by atoms with E-state index >= 15 is 0 Å². The highest BCUT2D eigenvalue weighted by Gasteiger charge is 2.23. The Labute approximate surface area is 166 Å². The van der Waals surface area contributed by atoms with Crippen LogP contribution in [0.15, 0.2) is 57.7 Å². The third kappa shape index (κ3) is 3.99. The van der Waals surface area contributed by atoms with Gasteiger partial charge in [-0.1, -0.05) is 12.1 Å². The first-order valence-electron chi connectivity index (χ1n) is 8.08. The molecular formula is C17H17N5O4S2. The molecular weight excluding hydrogens is 402 g/mol. The Morgan fingerprint density at radius 2 is 1.93 bits per heavy atom. The van der Waals surface area contributed by atoms with Crippen LogP contribution in [0.4, 0.5) is 11.4 Å². The van der Waals surface area contributed by atoms with Crippen molar-refractivity contribution < 1.29 is 13.3 Å². The number of para-hydroxylation sites is 1. The number of anilines is 1. The maximum absolute atomic E-state index is 13.0. The second kappa shape index (κ2) is 7.60. The van der Waals surface area contributed by atoms with Gasteiger partial charge in [-0.25, -0.2) is 8.42 Å². The van der Waals surface area contributed by atoms with E-state index in [0.717, 1.165) is 6.07 Å². The van der Waals surface area contributed by atoms with Gasteiger partial charge in [0.15, 0.2) is 5.16 Å². The lowest BCUT2D eigenvalue weighted by molar-refractivity contribution is -0.385. The minimum atomic E-state index is -4.04. The van der Waals surface area contributed by atoms with E-state index in [1.165, 1.54) is 17.8 Å². The van der Waals surface area contributed by atoms with Crippen LogP contribution in [0.5, 0.6) is 0 Å². The zero-order valence-electron chi connectivity index (χ0n) is 15.3. The monoisotopic (exact) mass is 419 g/mol. The number of non-ortho nitro benzene ring substituents is 1. The average Bonchev–Trinajstić information content (AvgIpc) is 3.03. The van der Waals surface area contributed by atoms with E-state index in [1.807, 2.05) is 0 Å². The lowest BCUT2D eigenvalue weighted by Crippen LogP contribution is -2.15. The molecule has 1 aromatic heterocycles. The van der Waals surface area contributed by atoms with Gasteiger partial charge in [-0.15, -0.1) is 10.2 Å². The molecule has 0 saturated heterocycles. The Morgan fingerprint density at radius 1 is 1.21 bits per heavy atom. The third-order valence-corrected chi connectivity index (χ3v) is 6.73. The van der Waals surface area contributed by atoms with Crippen molar-refractivity contribution in [2.45, 2.75) is 28.8 Å². The number of hydrogen-bond acceptors (Lipinski definition) is 7. The summed E-state index contributed by atoms with van der Waals surface area (Å²) in [4.78, 5) is 11.0. The highest BCUT2D eigenvalue weighted by atomic mass is 32.2. The number of nitrogens with zero attached hydrogens (tertiary/aromatic N) is 4. The number of hydrogen-bond donors (Lipinski definition) is 1. The number of sulfonamides is 1. The summed E-state index contributed by atoms with van der Waals surface area (Å²) in [5, 5.41) is 19.5. The number of benzene rings is 2. The minimum Gasteiger partial charge on any atom is -0.311 e. The second-order valence-corrected chi connectivity index (χ2v) is 8.73. The molecule has 0 atom stereocenters. The van der Waals surface area contributed by atoms with Crippen LogP contribution in [-0.4, -0.2) is 28.1 Å². The molecule has 3 rings (SSSR count). The molecule has 1 heterocycles. The molecule has 146 valence electrons. The van der Waals surface area contributed by atoms with Gasteiger partial charge < -0.3 is 4.57 Å². The van der Waals surface area contributed by atoms with Crippen LogP contribution in [0.2, 0.25) is 0 Å². The zero-order chi connectivity index (χ0) is 20.5. The van der Waals surface area contributed by atoms with Crippen LogP contribution in [0, 0.1) is 24.0 Å². The second-order valence-electron chi connectivity index (χ2n) is 6.07. The SMILES string of the molecule is Cc1cc([N+](=O)[O-])cc(S(=O)(=O)Nc2ccccc2Sc2nncn2C)c1C. The van der Waals surface area contributed by atoms with Crippen molar-refractivity contribution in [3.8, 4) is 0 Å². The number of rotatable bonds is 6. The molecule has 0 unspecified atom stereocenters. The Hall–Kier alpha value is -2.92. The summed E-state index contributed by atoms with van der Waals surface area (Å²) in [6.07, 6.45) is 1.55. The maximum atomic E-state index is 13.0. The van der Waals surface area contributed by atoms with Gasteiger partial charge >= 0.3 is 0 Å². The van der Waals surface area contributed by atoms with E-state index in [0.29, 0.717) is 26.9 Å². The number of aryl methyl sites for hydroxylation is 2. The molecule has 0 fully saturated rings. The summed E-state index contributed by atoms with van der Waals surface area (Å²) in [7, 11) is -2.26. The van der Waals surface area contributed by atoms with Gasteiger partial charge in [0, 0.05) is 24.1 Å². The van der Waals surface area contributed by atoms with Gasteiger partial charge in [-0.3, -0.25) is 14.8 Å². The van der Waals surface area contributed by atoms with Crippen LogP contribution in [0.3, 0.4) is 0 Å². The van der Waals surface area contributed by atoms with E-state index < -0.39 is 14.9 Å². The van der Waals surface area contributed by atoms with E-state index in [-0.39, 0.29) is 10.6 Å². The van der Waals surface area contributed by atoms with Gasteiger partial charge in [0.05, 0.1) is 15.5 Å². The molecule has 3 aromatic rings. The molecule has 0 saturated carbocycles. The summed E-state index contributed by atoms with van der Waals surface area (Å²) in [6.45, 7) is 3.26. The summed E-state index contributed by atoms with van der Waals surface area (Å²) >= 11 is 1.25. The molecule has 2 aromatic carbocycles. The standard InChI is InChI=1S/C17H17N5O4S2/c1-11-8-13(22(23)24)9-16(12(11)2)28(25,26)20-14-6-4-5-7-15(14)27-17-19-18-10-21(17)3/h4-10,20H,1-3H3. The van der Waals surface area contributed by atoms with Crippen molar-refractivity contribution in [3.63, 3.8) is 0 Å². The fourth-order valence-electron chi connectivity index (χ4n) is 2.50. The highest BCUT2D eigenvalue weighted by molar-refractivity contribution is 7.99. The van der Waals surface area contributed by atoms with Crippen LogP contribution >= 0.6 is 11.8 Å². The first-order chi connectivity index (χ1) is 13.2. The molecule has 0 aliphatic rings. The van der Waals surface area contributed by atoms with Gasteiger partial charge in [0.25, 0.3) is 15.7 Å². The smallest absolute Gasteiger partial charge is 0.271 e. The quantitative estimate of drug-likeness (QED) is 0.481. The summed E-state index contributed by atoms with van der Waals surface area (Å²) in [5.74, 6) is 0. The molecule has 0 aliphatic heterocycles. The van der Waals surface area contributed by atoms with Crippen molar-refractivity contribution >= 4 is 33.2 Å². The van der Waals surface area contributed by atoms with E-state index in [4.69, 9.17) is 0 Å². The van der Waals surface area contributed by atoms with E-state index in [1.54, 1.807) is 56.1 Å². The third-order valence-electron chi connectivity index (χ3n) is 4.11. The molecule has 0 aliphatic carbocycles. The average molecular weight is 419 g/mol. The van der Waals surface area contributed by atoms with Crippen molar-refractivity contribution in [2.75, 3.05) is 4.72 Å². The van der Waals surface area contributed by atoms with E-state index in [9.17, 15) is 18.5 Å². The first kappa shape index (κ1) is 19.8. The van der Waals surface area contributed by atoms with Crippen molar-refractivity contribution in [2.24, 2.45) is 7.05 Å². The van der Waals surface area contributed by atoms with Crippen LogP contribution in [-0.2, 0) is 17.1 Å². The predicted octanol–water partition coefficient (Wildman–Crippen LogP) is 3.29.